The Labute approximate surface area is 339 Å². The Bertz CT molecular complexity index is 471. The van der Waals surface area contributed by atoms with Crippen LogP contribution in [0, 0.1) is 38.5 Å². The molecule has 0 rings (SSSR count). The fourth-order valence-corrected chi connectivity index (χ4v) is 0.915. The molecule has 0 saturated carbocycles. The molecule has 5 N–H and O–H groups in total. The van der Waals surface area contributed by atoms with Gasteiger partial charge >= 0.3 is 17.9 Å². The van der Waals surface area contributed by atoms with E-state index in [9.17, 15) is 14.4 Å². The molecule has 0 aromatic heterocycles. The Balaban J connectivity index is -0.0000000234. The van der Waals surface area contributed by atoms with Gasteiger partial charge in [0.1, 0.15) is 0 Å². The number of nitriles is 1. The van der Waals surface area contributed by atoms with Crippen molar-refractivity contribution in [3.05, 3.63) is 21.3 Å². The molecule has 0 atom stereocenters. The number of hydrogen-bond acceptors (Lipinski definition) is 10. The minimum Gasteiger partial charge on any atom is -0.481 e. The molecule has 0 spiro atoms. The van der Waals surface area contributed by atoms with Crippen molar-refractivity contribution in [2.45, 2.75) is 94.9 Å². The van der Waals surface area contributed by atoms with Crippen molar-refractivity contribution in [3.8, 4) is 6.07 Å². The number of carboxylic acid groups (broad SMARTS) is 2. The van der Waals surface area contributed by atoms with E-state index in [1.54, 1.807) is 47.6 Å². The molecule has 0 fully saturated rings. The molecule has 3 radical (unpaired) electrons. The molecule has 0 bridgehead atoms. The third kappa shape index (κ3) is 183. The molecule has 43 heavy (non-hydrogen) atoms. The van der Waals surface area contributed by atoms with Gasteiger partial charge in [0.2, 0.25) is 0 Å². The smallest absolute Gasteiger partial charge is 0.320 e. The largest absolute Gasteiger partial charge is 0.481 e. The second-order valence-electron chi connectivity index (χ2n) is 5.49. The summed E-state index contributed by atoms with van der Waals surface area (Å²) < 4.78 is 9.45. The quantitative estimate of drug-likeness (QED) is 0.134. The van der Waals surface area contributed by atoms with E-state index in [1.165, 1.54) is 6.92 Å². The van der Waals surface area contributed by atoms with Gasteiger partial charge in [-0.3, -0.25) is 19.2 Å². The zero-order chi connectivity index (χ0) is 33.7. The maximum atomic E-state index is 11.2. The van der Waals surface area contributed by atoms with Crippen LogP contribution < -0.4 is 0 Å². The average Bonchev–Trinajstić information content (AvgIpc) is 2.89. The van der Waals surface area contributed by atoms with Crippen LogP contribution in [0.3, 0.4) is 0 Å². The van der Waals surface area contributed by atoms with Crippen molar-refractivity contribution in [1.29, 1.82) is 5.26 Å². The van der Waals surface area contributed by atoms with Crippen LogP contribution >= 0.6 is 0 Å². The standard InChI is InChI=1S/C9H16O4.C3H6O2.C3H8O.C3H7.C2H3N.C2H4O2.C2H6O.C2H5.CH4O.CH3.3Y/c1-4-7(8(10)12-5-2)9(11)13-6-3;1-2-3(4)5;1-2-3-4;1-3-2;1-2-3;1-2(3)4;1-2-3;2*1-2;;;;/h7H,4-6H2,1-3H3;2H2,1H3,(H,4,5);4H,2-3H2,1H3;1,3H2,2H3;1H3;1H3,(H,3,4);3H,2H2,1H3;1H2,2H3;2H,1H3;1H3;;;/q;;;-1;;;;-1;;-1;;;. The number of aliphatic hydroxyl groups is 3. The summed E-state index contributed by atoms with van der Waals surface area (Å²) in [6.07, 6.45) is 2.51. The second-order valence-corrected chi connectivity index (χ2v) is 5.49. The van der Waals surface area contributed by atoms with Crippen molar-refractivity contribution < 1.29 is 152 Å². The van der Waals surface area contributed by atoms with Crippen LogP contribution in [0.5, 0.6) is 0 Å². The van der Waals surface area contributed by atoms with E-state index in [2.05, 4.69) is 13.8 Å². The predicted octanol–water partition coefficient (Wildman–Crippen LogP) is 4.75. The number of carbonyl (C=O) groups is 4. The molecule has 0 amide bonds. The Morgan fingerprint density at radius 2 is 0.977 bits per heavy atom. The molecule has 0 heterocycles. The van der Waals surface area contributed by atoms with Gasteiger partial charge in [-0.1, -0.05) is 27.7 Å². The number of carbonyl (C=O) groups excluding carboxylic acids is 2. The molecule has 0 unspecified atom stereocenters. The number of esters is 2. The topological polar surface area (TPSA) is 212 Å². The molecule has 257 valence electrons. The van der Waals surface area contributed by atoms with Crippen LogP contribution in [0.1, 0.15) is 94.9 Å². The number of nitrogens with zero attached hydrogens (tertiary/aromatic N) is 1. The van der Waals surface area contributed by atoms with E-state index in [0.29, 0.717) is 13.0 Å². The zero-order valence-corrected chi connectivity index (χ0v) is 37.5. The first kappa shape index (κ1) is 84.5. The molecule has 0 aliphatic heterocycles. The van der Waals surface area contributed by atoms with Crippen molar-refractivity contribution in [3.63, 3.8) is 0 Å². The summed E-state index contributed by atoms with van der Waals surface area (Å²) in [6, 6.07) is 1.75. The number of aliphatic carboxylic acids is 2. The molecule has 0 aliphatic rings. The predicted molar refractivity (Wildman–Crippen MR) is 161 cm³/mol. The fourth-order valence-electron chi connectivity index (χ4n) is 0.915. The number of aliphatic hydroxyl groups excluding tert-OH is 3. The van der Waals surface area contributed by atoms with E-state index >= 15 is 0 Å². The van der Waals surface area contributed by atoms with Crippen LogP contribution in [0.25, 0.3) is 0 Å². The van der Waals surface area contributed by atoms with Crippen molar-refractivity contribution in [2.75, 3.05) is 33.5 Å². The third-order valence-electron chi connectivity index (χ3n) is 2.08. The first-order valence-electron chi connectivity index (χ1n) is 12.5. The van der Waals surface area contributed by atoms with E-state index in [1.807, 2.05) is 13.8 Å². The molecular formula is C28H62NO11Y3-3. The summed E-state index contributed by atoms with van der Waals surface area (Å²) in [5, 5.41) is 44.9. The van der Waals surface area contributed by atoms with Crippen molar-refractivity contribution in [1.82, 2.24) is 0 Å². The van der Waals surface area contributed by atoms with Crippen LogP contribution in [0.2, 0.25) is 0 Å². The van der Waals surface area contributed by atoms with Crippen LogP contribution in [0.4, 0.5) is 0 Å². The minimum atomic E-state index is -0.833. The van der Waals surface area contributed by atoms with E-state index in [0.717, 1.165) is 26.9 Å². The number of rotatable bonds is 7. The van der Waals surface area contributed by atoms with Gasteiger partial charge in [-0.05, 0) is 33.6 Å². The van der Waals surface area contributed by atoms with Crippen molar-refractivity contribution in [2.24, 2.45) is 5.92 Å². The van der Waals surface area contributed by atoms with Gasteiger partial charge in [-0.2, -0.15) is 18.6 Å². The Kier molecular flexibility index (Phi) is 205. The summed E-state index contributed by atoms with van der Waals surface area (Å²) >= 11 is 0. The van der Waals surface area contributed by atoms with Crippen LogP contribution in [0.15, 0.2) is 0 Å². The maximum Gasteiger partial charge on any atom is 0.320 e. The van der Waals surface area contributed by atoms with Gasteiger partial charge < -0.3 is 56.3 Å². The van der Waals surface area contributed by atoms with E-state index < -0.39 is 29.8 Å². The summed E-state index contributed by atoms with van der Waals surface area (Å²) in [6.45, 7) is 24.5. The monoisotopic (exact) mass is 855 g/mol. The number of ether oxygens (including phenoxy) is 2. The molecule has 0 aliphatic carbocycles. The Hall–Kier alpha value is 0.562. The Morgan fingerprint density at radius 3 is 1.05 bits per heavy atom. The molecule has 0 aromatic carbocycles. The van der Waals surface area contributed by atoms with Gasteiger partial charge in [0.15, 0.2) is 5.92 Å². The SMILES string of the molecule is CC#N.CC(=O)O.CCC(=O)O.CCCO.CCO.CCOC(=O)C(CC)C(=O)OCC.CO.[CH2-]C.[CH2-]CC.[CH3-].[Y].[Y].[Y]. The summed E-state index contributed by atoms with van der Waals surface area (Å²) in [5.74, 6) is -3.34. The minimum absolute atomic E-state index is 0. The van der Waals surface area contributed by atoms with Gasteiger partial charge in [0.05, 0.1) is 19.3 Å². The zero-order valence-electron chi connectivity index (χ0n) is 29.0. The molecule has 15 heteroatoms. The normalized spacial score (nSPS) is 6.42. The molecule has 0 saturated heterocycles. The summed E-state index contributed by atoms with van der Waals surface area (Å²) in [5.41, 5.74) is 0. The second kappa shape index (κ2) is 104. The van der Waals surface area contributed by atoms with Crippen LogP contribution in [-0.4, -0.2) is 82.9 Å². The van der Waals surface area contributed by atoms with Gasteiger partial charge in [-0.25, -0.2) is 0 Å². The summed E-state index contributed by atoms with van der Waals surface area (Å²) in [7, 11) is 1.00. The van der Waals surface area contributed by atoms with Gasteiger partial charge in [0.25, 0.3) is 5.97 Å². The van der Waals surface area contributed by atoms with E-state index in [-0.39, 0.29) is 132 Å². The average molecular weight is 856 g/mol. The van der Waals surface area contributed by atoms with Gasteiger partial charge in [0, 0.05) is 139 Å². The maximum absolute atomic E-state index is 11.2. The van der Waals surface area contributed by atoms with E-state index in [4.69, 9.17) is 45.1 Å². The first-order chi connectivity index (χ1) is 18.3. The van der Waals surface area contributed by atoms with Crippen molar-refractivity contribution >= 4 is 23.9 Å². The number of carboxylic acids is 2. The van der Waals surface area contributed by atoms with Gasteiger partial charge in [-0.15, -0.1) is 0 Å². The third-order valence-corrected chi connectivity index (χ3v) is 2.08. The Morgan fingerprint density at radius 1 is 0.814 bits per heavy atom. The molecule has 12 nitrogen and oxygen atoms in total. The first-order valence-corrected chi connectivity index (χ1v) is 12.5. The van der Waals surface area contributed by atoms with Crippen LogP contribution in [-0.2, 0) is 127 Å². The molecular weight excluding hydrogens is 793 g/mol. The number of hydrogen-bond donors (Lipinski definition) is 5. The molecule has 0 aromatic rings. The fraction of sp³-hybridized carbons (Fsp3) is 0.714. The summed E-state index contributed by atoms with van der Waals surface area (Å²) in [4.78, 5) is 40.7.